The largest absolute Gasteiger partial charge is 0.328 e. The Bertz CT molecular complexity index is 80.6. The van der Waals surface area contributed by atoms with Crippen molar-refractivity contribution < 1.29 is 4.39 Å². The average molecular weight is 139 g/mol. The Hall–Kier alpha value is -0.330. The minimum atomic E-state index is -1.13. The standard InChI is InChI=1S/C4H7FN2.ClH/c5-4(3-7)1-2-6;/h4H,1,3,7H2;1H. The van der Waals surface area contributed by atoms with Gasteiger partial charge in [-0.2, -0.15) is 5.26 Å². The fourth-order valence-electron chi connectivity index (χ4n) is 0.182. The molecule has 8 heavy (non-hydrogen) atoms. The zero-order chi connectivity index (χ0) is 5.70. The Morgan fingerprint density at radius 1 is 1.75 bits per heavy atom. The number of nitrogens with zero attached hydrogens (tertiary/aromatic N) is 1. The highest BCUT2D eigenvalue weighted by atomic mass is 35.5. The molecule has 4 heteroatoms. The molecule has 0 saturated carbocycles. The quantitative estimate of drug-likeness (QED) is 0.608. The maximum atomic E-state index is 11.8. The summed E-state index contributed by atoms with van der Waals surface area (Å²) in [5.41, 5.74) is 4.83. The van der Waals surface area contributed by atoms with Crippen molar-refractivity contribution in [1.29, 1.82) is 5.26 Å². The van der Waals surface area contributed by atoms with Crippen molar-refractivity contribution in [1.82, 2.24) is 0 Å². The number of hydrogen-bond acceptors (Lipinski definition) is 2. The molecule has 0 aliphatic rings. The molecule has 0 aromatic heterocycles. The number of nitrogens with two attached hydrogens (primary N) is 1. The first kappa shape index (κ1) is 10.6. The summed E-state index contributed by atoms with van der Waals surface area (Å²) in [6, 6.07) is 1.66. The Kier molecular flexibility index (Phi) is 8.85. The Balaban J connectivity index is 0. The fourth-order valence-corrected chi connectivity index (χ4v) is 0.182. The van der Waals surface area contributed by atoms with Gasteiger partial charge in [-0.05, 0) is 0 Å². The Labute approximate surface area is 53.9 Å². The van der Waals surface area contributed by atoms with Crippen molar-refractivity contribution in [2.75, 3.05) is 6.54 Å². The van der Waals surface area contributed by atoms with E-state index in [1.165, 1.54) is 0 Å². The van der Waals surface area contributed by atoms with Gasteiger partial charge in [-0.3, -0.25) is 0 Å². The van der Waals surface area contributed by atoms with E-state index in [-0.39, 0.29) is 25.4 Å². The second-order valence-electron chi connectivity index (χ2n) is 1.20. The molecule has 2 nitrogen and oxygen atoms in total. The molecule has 0 aromatic carbocycles. The number of hydrogen-bond donors (Lipinski definition) is 1. The van der Waals surface area contributed by atoms with Gasteiger partial charge in [-0.15, -0.1) is 12.4 Å². The van der Waals surface area contributed by atoms with Crippen molar-refractivity contribution in [3.63, 3.8) is 0 Å². The second kappa shape index (κ2) is 6.67. The summed E-state index contributed by atoms with van der Waals surface area (Å²) in [6.45, 7) is -0.0481. The van der Waals surface area contributed by atoms with E-state index in [0.29, 0.717) is 0 Å². The lowest BCUT2D eigenvalue weighted by molar-refractivity contribution is 0.348. The van der Waals surface area contributed by atoms with Gasteiger partial charge >= 0.3 is 0 Å². The SMILES string of the molecule is Cl.N#CCC(F)CN. The predicted octanol–water partition coefficient (Wildman–Crippen LogP) is 0.619. The number of rotatable bonds is 2. The number of nitriles is 1. The molecular weight excluding hydrogens is 131 g/mol. The molecule has 0 saturated heterocycles. The van der Waals surface area contributed by atoms with Crippen LogP contribution >= 0.6 is 12.4 Å². The van der Waals surface area contributed by atoms with Gasteiger partial charge in [0, 0.05) is 6.54 Å². The summed E-state index contributed by atoms with van der Waals surface area (Å²) in [7, 11) is 0. The molecule has 1 unspecified atom stereocenters. The summed E-state index contributed by atoms with van der Waals surface area (Å²) in [6.07, 6.45) is -1.22. The van der Waals surface area contributed by atoms with Crippen LogP contribution < -0.4 is 5.73 Å². The molecule has 0 heterocycles. The van der Waals surface area contributed by atoms with E-state index in [2.05, 4.69) is 0 Å². The molecule has 0 aromatic rings. The van der Waals surface area contributed by atoms with Crippen molar-refractivity contribution in [3.8, 4) is 6.07 Å². The molecule has 48 valence electrons. The van der Waals surface area contributed by atoms with Crippen LogP contribution in [0.15, 0.2) is 0 Å². The first-order chi connectivity index (χ1) is 3.31. The van der Waals surface area contributed by atoms with E-state index in [9.17, 15) is 4.39 Å². The third kappa shape index (κ3) is 5.67. The van der Waals surface area contributed by atoms with Crippen LogP contribution in [0.4, 0.5) is 4.39 Å². The average Bonchev–Trinajstić information content (AvgIpc) is 1.68. The molecule has 0 radical (unpaired) electrons. The van der Waals surface area contributed by atoms with Gasteiger partial charge in [-0.25, -0.2) is 4.39 Å². The molecule has 1 atom stereocenters. The topological polar surface area (TPSA) is 49.8 Å². The van der Waals surface area contributed by atoms with Crippen molar-refractivity contribution in [3.05, 3.63) is 0 Å². The van der Waals surface area contributed by atoms with Crippen LogP contribution in [0.25, 0.3) is 0 Å². The highest BCUT2D eigenvalue weighted by Crippen LogP contribution is 1.90. The van der Waals surface area contributed by atoms with E-state index >= 15 is 0 Å². The molecule has 2 N–H and O–H groups in total. The van der Waals surface area contributed by atoms with Crippen LogP contribution in [0.2, 0.25) is 0 Å². The third-order valence-corrected chi connectivity index (χ3v) is 0.569. The molecule has 0 fully saturated rings. The molecular formula is C4H8ClFN2. The summed E-state index contributed by atoms with van der Waals surface area (Å²) < 4.78 is 11.8. The maximum Gasteiger partial charge on any atom is 0.125 e. The van der Waals surface area contributed by atoms with Crippen LogP contribution in [0, 0.1) is 11.3 Å². The van der Waals surface area contributed by atoms with E-state index < -0.39 is 6.17 Å². The van der Waals surface area contributed by atoms with Crippen LogP contribution in [0.5, 0.6) is 0 Å². The zero-order valence-electron chi connectivity index (χ0n) is 4.30. The molecule has 0 rings (SSSR count). The highest BCUT2D eigenvalue weighted by Gasteiger charge is 1.98. The lowest BCUT2D eigenvalue weighted by Gasteiger charge is -1.92. The molecule has 0 aliphatic carbocycles. The summed E-state index contributed by atoms with van der Waals surface area (Å²) in [5, 5.41) is 7.82. The van der Waals surface area contributed by atoms with Crippen LogP contribution in [-0.4, -0.2) is 12.7 Å². The van der Waals surface area contributed by atoms with Gasteiger partial charge in [0.05, 0.1) is 12.5 Å². The Morgan fingerprint density at radius 2 is 2.25 bits per heavy atom. The molecule has 0 bridgehead atoms. The monoisotopic (exact) mass is 138 g/mol. The summed E-state index contributed by atoms with van der Waals surface area (Å²) >= 11 is 0. The molecule has 0 spiro atoms. The van der Waals surface area contributed by atoms with E-state index in [4.69, 9.17) is 11.0 Å². The predicted molar refractivity (Wildman–Crippen MR) is 31.4 cm³/mol. The van der Waals surface area contributed by atoms with Gasteiger partial charge < -0.3 is 5.73 Å². The van der Waals surface area contributed by atoms with Crippen molar-refractivity contribution in [2.24, 2.45) is 5.73 Å². The normalized spacial score (nSPS) is 11.1. The summed E-state index contributed by atoms with van der Waals surface area (Å²) in [5.74, 6) is 0. The first-order valence-electron chi connectivity index (χ1n) is 2.02. The van der Waals surface area contributed by atoms with Gasteiger partial charge in [-0.1, -0.05) is 0 Å². The second-order valence-corrected chi connectivity index (χ2v) is 1.20. The van der Waals surface area contributed by atoms with E-state index in [1.807, 2.05) is 0 Å². The lowest BCUT2D eigenvalue weighted by atomic mass is 10.3. The van der Waals surface area contributed by atoms with Crippen LogP contribution in [0.3, 0.4) is 0 Å². The zero-order valence-corrected chi connectivity index (χ0v) is 5.12. The number of alkyl halides is 1. The number of halogens is 2. The lowest BCUT2D eigenvalue weighted by Crippen LogP contribution is -2.13. The van der Waals surface area contributed by atoms with E-state index in [0.717, 1.165) is 0 Å². The van der Waals surface area contributed by atoms with E-state index in [1.54, 1.807) is 6.07 Å². The van der Waals surface area contributed by atoms with Gasteiger partial charge in [0.1, 0.15) is 6.17 Å². The molecule has 0 aliphatic heterocycles. The van der Waals surface area contributed by atoms with Gasteiger partial charge in [0.2, 0.25) is 0 Å². The van der Waals surface area contributed by atoms with Crippen LogP contribution in [-0.2, 0) is 0 Å². The summed E-state index contributed by atoms with van der Waals surface area (Å²) in [4.78, 5) is 0. The van der Waals surface area contributed by atoms with Gasteiger partial charge in [0.15, 0.2) is 0 Å². The van der Waals surface area contributed by atoms with Crippen molar-refractivity contribution >= 4 is 12.4 Å². The highest BCUT2D eigenvalue weighted by molar-refractivity contribution is 5.85. The Morgan fingerprint density at radius 3 is 2.38 bits per heavy atom. The smallest absolute Gasteiger partial charge is 0.125 e. The molecule has 0 amide bonds. The van der Waals surface area contributed by atoms with Crippen LogP contribution in [0.1, 0.15) is 6.42 Å². The maximum absolute atomic E-state index is 11.8. The van der Waals surface area contributed by atoms with Gasteiger partial charge in [0.25, 0.3) is 0 Å². The minimum Gasteiger partial charge on any atom is -0.328 e. The first-order valence-corrected chi connectivity index (χ1v) is 2.02. The fraction of sp³-hybridized carbons (Fsp3) is 0.750. The minimum absolute atomic E-state index is 0. The third-order valence-electron chi connectivity index (χ3n) is 0.569. The van der Waals surface area contributed by atoms with Crippen molar-refractivity contribution in [2.45, 2.75) is 12.6 Å².